The first-order valence-electron chi connectivity index (χ1n) is 6.95. The van der Waals surface area contributed by atoms with Gasteiger partial charge >= 0.3 is 0 Å². The molecule has 0 saturated carbocycles. The molecule has 23 heavy (non-hydrogen) atoms. The summed E-state index contributed by atoms with van der Waals surface area (Å²) in [5.74, 6) is -2.67. The molecule has 0 fully saturated rings. The molecule has 1 aliphatic rings. The van der Waals surface area contributed by atoms with Crippen LogP contribution in [0.15, 0.2) is 29.2 Å². The molecule has 8 heteroatoms. The summed E-state index contributed by atoms with van der Waals surface area (Å²) in [5, 5.41) is 0. The van der Waals surface area contributed by atoms with Crippen LogP contribution in [-0.2, 0) is 22.9 Å². The molecular weight excluding hydrogens is 326 g/mol. The third-order valence-corrected chi connectivity index (χ3v) is 4.99. The number of nitrogens with zero attached hydrogens (tertiary/aromatic N) is 1. The van der Waals surface area contributed by atoms with E-state index in [4.69, 9.17) is 0 Å². The number of hydrogen-bond acceptors (Lipinski definition) is 4. The molecule has 5 nitrogen and oxygen atoms in total. The maximum Gasteiger partial charge on any atom is 0.263 e. The number of aromatic nitrogens is 1. The van der Waals surface area contributed by atoms with E-state index in [9.17, 15) is 17.2 Å². The number of hydrogen-bond donors (Lipinski definition) is 1. The summed E-state index contributed by atoms with van der Waals surface area (Å²) in [6, 6.07) is 4.76. The predicted molar refractivity (Wildman–Crippen MR) is 80.0 cm³/mol. The van der Waals surface area contributed by atoms with Gasteiger partial charge in [0, 0.05) is 5.69 Å². The molecule has 1 aromatic carbocycles. The summed E-state index contributed by atoms with van der Waals surface area (Å²) in [6.45, 7) is 0. The summed E-state index contributed by atoms with van der Waals surface area (Å²) in [4.78, 5) is 3.71. The minimum atomic E-state index is -4.15. The second-order valence-corrected chi connectivity index (χ2v) is 6.86. The number of pyridine rings is 1. The van der Waals surface area contributed by atoms with Gasteiger partial charge in [-0.2, -0.15) is 0 Å². The first kappa shape index (κ1) is 15.7. The van der Waals surface area contributed by atoms with Gasteiger partial charge in [0.15, 0.2) is 17.4 Å². The molecule has 1 aliphatic carbocycles. The van der Waals surface area contributed by atoms with Crippen molar-refractivity contribution < 1.29 is 21.9 Å². The summed E-state index contributed by atoms with van der Waals surface area (Å²) >= 11 is 0. The monoisotopic (exact) mass is 340 g/mol. The predicted octanol–water partition coefficient (Wildman–Crippen LogP) is 2.66. The Hall–Kier alpha value is -2.22. The Labute approximate surface area is 132 Å². The zero-order chi connectivity index (χ0) is 16.6. The maximum atomic E-state index is 13.7. The van der Waals surface area contributed by atoms with Crippen molar-refractivity contribution in [3.05, 3.63) is 47.2 Å². The number of nitrogens with one attached hydrogen (secondary N) is 1. The van der Waals surface area contributed by atoms with Crippen LogP contribution in [-0.4, -0.2) is 20.5 Å². The molecular formula is C15H14F2N2O3S. The Morgan fingerprint density at radius 3 is 2.52 bits per heavy atom. The summed E-state index contributed by atoms with van der Waals surface area (Å²) in [5.41, 5.74) is 1.94. The molecule has 1 heterocycles. The zero-order valence-corrected chi connectivity index (χ0v) is 13.1. The Morgan fingerprint density at radius 2 is 1.87 bits per heavy atom. The highest BCUT2D eigenvalue weighted by Crippen LogP contribution is 2.27. The first-order chi connectivity index (χ1) is 10.9. The van der Waals surface area contributed by atoms with E-state index in [-0.39, 0.29) is 5.82 Å². The number of methoxy groups -OCH3 is 1. The number of fused-ring (bicyclic) bond motifs is 1. The van der Waals surface area contributed by atoms with Crippen molar-refractivity contribution in [3.8, 4) is 5.75 Å². The molecule has 0 saturated heterocycles. The molecule has 0 atom stereocenters. The second-order valence-electron chi connectivity index (χ2n) is 5.18. The normalized spacial score (nSPS) is 13.7. The number of sulfonamides is 1. The molecule has 0 aliphatic heterocycles. The summed E-state index contributed by atoms with van der Waals surface area (Å²) in [7, 11) is -3.05. The van der Waals surface area contributed by atoms with Crippen LogP contribution in [0.3, 0.4) is 0 Å². The number of benzene rings is 1. The fraction of sp³-hybridized carbons (Fsp3) is 0.267. The van der Waals surface area contributed by atoms with E-state index >= 15 is 0 Å². The van der Waals surface area contributed by atoms with E-state index in [0.717, 1.165) is 37.6 Å². The molecule has 0 radical (unpaired) electrons. The van der Waals surface area contributed by atoms with Crippen molar-refractivity contribution in [1.29, 1.82) is 0 Å². The van der Waals surface area contributed by atoms with Gasteiger partial charge in [-0.1, -0.05) is 6.07 Å². The van der Waals surface area contributed by atoms with E-state index in [1.807, 2.05) is 6.07 Å². The molecule has 122 valence electrons. The van der Waals surface area contributed by atoms with Crippen molar-refractivity contribution in [2.24, 2.45) is 0 Å². The van der Waals surface area contributed by atoms with Gasteiger partial charge in [-0.15, -0.1) is 0 Å². The second kappa shape index (κ2) is 5.77. The van der Waals surface area contributed by atoms with E-state index < -0.39 is 32.3 Å². The van der Waals surface area contributed by atoms with Crippen LogP contribution >= 0.6 is 0 Å². The molecule has 0 amide bonds. The number of halogens is 2. The van der Waals surface area contributed by atoms with Gasteiger partial charge in [-0.05, 0) is 43.0 Å². The van der Waals surface area contributed by atoms with E-state index in [1.54, 1.807) is 0 Å². The van der Waals surface area contributed by atoms with Gasteiger partial charge in [0.2, 0.25) is 0 Å². The van der Waals surface area contributed by atoms with Gasteiger partial charge in [0.25, 0.3) is 10.0 Å². The van der Waals surface area contributed by atoms with Crippen LogP contribution in [0.25, 0.3) is 0 Å². The third kappa shape index (κ3) is 2.98. The lowest BCUT2D eigenvalue weighted by Gasteiger charge is -2.10. The van der Waals surface area contributed by atoms with Crippen LogP contribution in [0.4, 0.5) is 14.6 Å². The Balaban J connectivity index is 1.93. The number of anilines is 1. The van der Waals surface area contributed by atoms with Crippen molar-refractivity contribution in [1.82, 2.24) is 4.98 Å². The van der Waals surface area contributed by atoms with Crippen LogP contribution in [0.2, 0.25) is 0 Å². The summed E-state index contributed by atoms with van der Waals surface area (Å²) in [6.07, 6.45) is 2.69. The van der Waals surface area contributed by atoms with Gasteiger partial charge in [0.05, 0.1) is 12.0 Å². The average Bonchev–Trinajstić information content (AvgIpc) is 2.94. The van der Waals surface area contributed by atoms with Crippen LogP contribution in [0, 0.1) is 11.6 Å². The van der Waals surface area contributed by atoms with E-state index in [1.165, 1.54) is 6.07 Å². The molecule has 0 spiro atoms. The lowest BCUT2D eigenvalue weighted by atomic mass is 10.2. The lowest BCUT2D eigenvalue weighted by Crippen LogP contribution is -2.15. The zero-order valence-electron chi connectivity index (χ0n) is 12.3. The molecule has 1 N–H and O–H groups in total. The maximum absolute atomic E-state index is 13.7. The van der Waals surface area contributed by atoms with Crippen molar-refractivity contribution >= 4 is 15.8 Å². The van der Waals surface area contributed by atoms with Gasteiger partial charge < -0.3 is 4.74 Å². The third-order valence-electron chi connectivity index (χ3n) is 3.65. The van der Waals surface area contributed by atoms with Gasteiger partial charge in [-0.3, -0.25) is 4.72 Å². The number of rotatable bonds is 4. The largest absolute Gasteiger partial charge is 0.491 e. The van der Waals surface area contributed by atoms with Crippen molar-refractivity contribution in [2.45, 2.75) is 24.2 Å². The van der Waals surface area contributed by atoms with Crippen LogP contribution in [0.1, 0.15) is 17.7 Å². The highest BCUT2D eigenvalue weighted by Gasteiger charge is 2.22. The van der Waals surface area contributed by atoms with Gasteiger partial charge in [0.1, 0.15) is 5.82 Å². The van der Waals surface area contributed by atoms with E-state index in [2.05, 4.69) is 14.4 Å². The number of ether oxygens (including phenoxy) is 1. The van der Waals surface area contributed by atoms with Gasteiger partial charge in [-0.25, -0.2) is 22.2 Å². The van der Waals surface area contributed by atoms with Crippen LogP contribution < -0.4 is 9.46 Å². The summed E-state index contributed by atoms with van der Waals surface area (Å²) < 4.78 is 58.7. The fourth-order valence-corrected chi connectivity index (χ4v) is 3.58. The lowest BCUT2D eigenvalue weighted by molar-refractivity contribution is 0.358. The average molecular weight is 340 g/mol. The Bertz CT molecular complexity index is 846. The van der Waals surface area contributed by atoms with Crippen LogP contribution in [0.5, 0.6) is 5.75 Å². The quantitative estimate of drug-likeness (QED) is 0.929. The Kier molecular flexibility index (Phi) is 3.93. The van der Waals surface area contributed by atoms with Crippen molar-refractivity contribution in [3.63, 3.8) is 0 Å². The highest BCUT2D eigenvalue weighted by atomic mass is 32.2. The van der Waals surface area contributed by atoms with E-state index in [0.29, 0.717) is 12.1 Å². The Morgan fingerprint density at radius 1 is 1.17 bits per heavy atom. The smallest absolute Gasteiger partial charge is 0.263 e. The molecule has 1 aromatic heterocycles. The highest BCUT2D eigenvalue weighted by molar-refractivity contribution is 7.92. The topological polar surface area (TPSA) is 68.3 Å². The minimum absolute atomic E-state index is 0.127. The number of aryl methyl sites for hydroxylation is 2. The molecule has 0 bridgehead atoms. The van der Waals surface area contributed by atoms with Crippen molar-refractivity contribution in [2.75, 3.05) is 11.8 Å². The minimum Gasteiger partial charge on any atom is -0.491 e. The molecule has 3 rings (SSSR count). The standard InChI is InChI=1S/C15H14F2N2O3S/c1-22-15-11(16)7-10(8-12(15)17)23(20,21)19-14-6-5-9-3-2-4-13(9)18-14/h5-8H,2-4H2,1H3,(H,18,19). The fourth-order valence-electron chi connectivity index (χ4n) is 2.56. The molecule has 0 unspecified atom stereocenters. The molecule has 2 aromatic rings. The SMILES string of the molecule is COc1c(F)cc(S(=O)(=O)Nc2ccc3c(n2)CCC3)cc1F. The first-order valence-corrected chi connectivity index (χ1v) is 8.43.